The van der Waals surface area contributed by atoms with E-state index in [9.17, 15) is 4.79 Å². The number of ketones is 1. The zero-order valence-electron chi connectivity index (χ0n) is 16.7. The molecule has 0 aromatic heterocycles. The number of allylic oxidation sites excluding steroid dienone is 1. The highest BCUT2D eigenvalue weighted by Gasteiger charge is 2.14. The molecule has 30 heavy (non-hydrogen) atoms. The second-order valence-corrected chi connectivity index (χ2v) is 6.74. The Labute approximate surface area is 175 Å². The molecule has 0 atom stereocenters. The molecule has 0 N–H and O–H groups in total. The highest BCUT2D eigenvalue weighted by Crippen LogP contribution is 2.31. The third kappa shape index (κ3) is 4.63. The lowest BCUT2D eigenvalue weighted by atomic mass is 10.1. The molecule has 5 heteroatoms. The zero-order chi connectivity index (χ0) is 20.8. The van der Waals surface area contributed by atoms with Crippen LogP contribution in [0.15, 0.2) is 72.8 Å². The summed E-state index contributed by atoms with van der Waals surface area (Å²) in [5.74, 6) is 2.41. The molecule has 0 saturated carbocycles. The van der Waals surface area contributed by atoms with Gasteiger partial charge in [0.05, 0.1) is 7.11 Å². The Hall–Kier alpha value is -3.73. The molecule has 0 bridgehead atoms. The van der Waals surface area contributed by atoms with E-state index in [1.54, 1.807) is 31.4 Å². The second-order valence-electron chi connectivity index (χ2n) is 6.74. The molecule has 152 valence electrons. The Morgan fingerprint density at radius 3 is 2.53 bits per heavy atom. The Kier molecular flexibility index (Phi) is 5.99. The maximum absolute atomic E-state index is 12.5. The molecule has 0 amide bonds. The van der Waals surface area contributed by atoms with Gasteiger partial charge in [0.1, 0.15) is 19.8 Å². The third-order valence-electron chi connectivity index (χ3n) is 4.68. The van der Waals surface area contributed by atoms with Gasteiger partial charge >= 0.3 is 0 Å². The van der Waals surface area contributed by atoms with Crippen molar-refractivity contribution in [3.8, 4) is 23.0 Å². The van der Waals surface area contributed by atoms with Crippen LogP contribution in [0.25, 0.3) is 6.08 Å². The van der Waals surface area contributed by atoms with E-state index in [0.717, 1.165) is 11.1 Å². The lowest BCUT2D eigenvalue weighted by molar-refractivity contribution is 0.104. The van der Waals surface area contributed by atoms with Crippen molar-refractivity contribution < 1.29 is 23.7 Å². The van der Waals surface area contributed by atoms with Crippen LogP contribution in [0.3, 0.4) is 0 Å². The van der Waals surface area contributed by atoms with Crippen molar-refractivity contribution in [2.24, 2.45) is 0 Å². The van der Waals surface area contributed by atoms with Crippen LogP contribution in [0.4, 0.5) is 0 Å². The van der Waals surface area contributed by atoms with Crippen molar-refractivity contribution in [2.75, 3.05) is 20.3 Å². The molecule has 0 radical (unpaired) electrons. The molecular weight excluding hydrogens is 380 g/mol. The van der Waals surface area contributed by atoms with Gasteiger partial charge in [-0.2, -0.15) is 0 Å². The summed E-state index contributed by atoms with van der Waals surface area (Å²) < 4.78 is 22.4. The second kappa shape index (κ2) is 9.18. The first kappa shape index (κ1) is 19.6. The Bertz CT molecular complexity index is 1060. The van der Waals surface area contributed by atoms with E-state index in [4.69, 9.17) is 18.9 Å². The summed E-state index contributed by atoms with van der Waals surface area (Å²) in [6.45, 7) is 1.46. The largest absolute Gasteiger partial charge is 0.493 e. The lowest BCUT2D eigenvalue weighted by Crippen LogP contribution is -2.15. The SMILES string of the molecule is COc1cc(/C=C/C(=O)c2ccc3c(c2)OCCO3)ccc1OCc1ccccc1. The van der Waals surface area contributed by atoms with Crippen LogP contribution >= 0.6 is 0 Å². The lowest BCUT2D eigenvalue weighted by Gasteiger charge is -2.18. The fourth-order valence-electron chi connectivity index (χ4n) is 3.11. The minimum atomic E-state index is -0.115. The highest BCUT2D eigenvalue weighted by molar-refractivity contribution is 6.07. The minimum Gasteiger partial charge on any atom is -0.493 e. The van der Waals surface area contributed by atoms with Crippen LogP contribution < -0.4 is 18.9 Å². The van der Waals surface area contributed by atoms with Gasteiger partial charge < -0.3 is 18.9 Å². The van der Waals surface area contributed by atoms with Gasteiger partial charge in [0.2, 0.25) is 0 Å². The number of methoxy groups -OCH3 is 1. The average molecular weight is 402 g/mol. The Balaban J connectivity index is 1.45. The molecule has 0 saturated heterocycles. The van der Waals surface area contributed by atoms with Gasteiger partial charge in [0, 0.05) is 5.56 Å². The molecule has 3 aromatic carbocycles. The Morgan fingerprint density at radius 1 is 0.933 bits per heavy atom. The van der Waals surface area contributed by atoms with Gasteiger partial charge in [-0.15, -0.1) is 0 Å². The maximum atomic E-state index is 12.5. The molecule has 0 spiro atoms. The van der Waals surface area contributed by atoms with E-state index in [1.165, 1.54) is 6.08 Å². The summed E-state index contributed by atoms with van der Waals surface area (Å²) in [5, 5.41) is 0. The summed E-state index contributed by atoms with van der Waals surface area (Å²) in [6.07, 6.45) is 3.29. The van der Waals surface area contributed by atoms with Crippen LogP contribution in [-0.2, 0) is 6.61 Å². The predicted octanol–water partition coefficient (Wildman–Crippen LogP) is 4.94. The van der Waals surface area contributed by atoms with E-state index in [2.05, 4.69) is 0 Å². The monoisotopic (exact) mass is 402 g/mol. The Morgan fingerprint density at radius 2 is 1.73 bits per heavy atom. The molecule has 3 aromatic rings. The number of rotatable bonds is 7. The summed E-state index contributed by atoms with van der Waals surface area (Å²) >= 11 is 0. The van der Waals surface area contributed by atoms with Gasteiger partial charge in [-0.25, -0.2) is 0 Å². The number of carbonyl (C=O) groups is 1. The maximum Gasteiger partial charge on any atom is 0.185 e. The van der Waals surface area contributed by atoms with E-state index in [-0.39, 0.29) is 5.78 Å². The van der Waals surface area contributed by atoms with E-state index in [0.29, 0.717) is 48.4 Å². The topological polar surface area (TPSA) is 54.0 Å². The number of ether oxygens (including phenoxy) is 4. The molecule has 1 aliphatic rings. The minimum absolute atomic E-state index is 0.115. The molecule has 0 fully saturated rings. The molecule has 1 heterocycles. The van der Waals surface area contributed by atoms with Crippen LogP contribution in [0.1, 0.15) is 21.5 Å². The van der Waals surface area contributed by atoms with Crippen molar-refractivity contribution >= 4 is 11.9 Å². The third-order valence-corrected chi connectivity index (χ3v) is 4.68. The van der Waals surface area contributed by atoms with Gasteiger partial charge in [-0.3, -0.25) is 4.79 Å². The van der Waals surface area contributed by atoms with Gasteiger partial charge in [0.25, 0.3) is 0 Å². The number of hydrogen-bond donors (Lipinski definition) is 0. The summed E-state index contributed by atoms with van der Waals surface area (Å²) in [7, 11) is 1.60. The van der Waals surface area contributed by atoms with Crippen LogP contribution in [0, 0.1) is 0 Å². The quantitative estimate of drug-likeness (QED) is 0.414. The van der Waals surface area contributed by atoms with E-state index in [1.807, 2.05) is 48.5 Å². The van der Waals surface area contributed by atoms with Crippen molar-refractivity contribution in [3.05, 3.63) is 89.5 Å². The van der Waals surface area contributed by atoms with Crippen LogP contribution in [0.2, 0.25) is 0 Å². The van der Waals surface area contributed by atoms with Crippen molar-refractivity contribution in [2.45, 2.75) is 6.61 Å². The number of hydrogen-bond acceptors (Lipinski definition) is 5. The van der Waals surface area contributed by atoms with Crippen molar-refractivity contribution in [1.82, 2.24) is 0 Å². The molecular formula is C25H22O5. The summed E-state index contributed by atoms with van der Waals surface area (Å²) in [6, 6.07) is 20.7. The number of carbonyl (C=O) groups excluding carboxylic acids is 1. The normalized spacial score (nSPS) is 12.6. The van der Waals surface area contributed by atoms with E-state index >= 15 is 0 Å². The molecule has 0 aliphatic carbocycles. The molecule has 5 nitrogen and oxygen atoms in total. The average Bonchev–Trinajstić information content (AvgIpc) is 2.81. The first-order valence-electron chi connectivity index (χ1n) is 9.70. The standard InChI is InChI=1S/C25H22O5/c1-27-24-15-18(8-11-22(24)30-17-19-5-3-2-4-6-19)7-10-21(26)20-9-12-23-25(16-20)29-14-13-28-23/h2-12,15-16H,13-14,17H2,1H3/b10-7+. The van der Waals surface area contributed by atoms with Crippen molar-refractivity contribution in [1.29, 1.82) is 0 Å². The molecule has 0 unspecified atom stereocenters. The fourth-order valence-corrected chi connectivity index (χ4v) is 3.11. The van der Waals surface area contributed by atoms with E-state index < -0.39 is 0 Å². The smallest absolute Gasteiger partial charge is 0.185 e. The first-order chi connectivity index (χ1) is 14.7. The molecule has 4 rings (SSSR count). The number of fused-ring (bicyclic) bond motifs is 1. The summed E-state index contributed by atoms with van der Waals surface area (Å²) in [5.41, 5.74) is 2.46. The zero-order valence-corrected chi connectivity index (χ0v) is 16.7. The molecule has 1 aliphatic heterocycles. The first-order valence-corrected chi connectivity index (χ1v) is 9.70. The number of benzene rings is 3. The van der Waals surface area contributed by atoms with Crippen LogP contribution in [0.5, 0.6) is 23.0 Å². The highest BCUT2D eigenvalue weighted by atomic mass is 16.6. The van der Waals surface area contributed by atoms with Gasteiger partial charge in [-0.1, -0.05) is 42.5 Å². The van der Waals surface area contributed by atoms with Gasteiger partial charge in [-0.05, 0) is 47.5 Å². The van der Waals surface area contributed by atoms with Crippen molar-refractivity contribution in [3.63, 3.8) is 0 Å². The van der Waals surface area contributed by atoms with Gasteiger partial charge in [0.15, 0.2) is 28.8 Å². The van der Waals surface area contributed by atoms with Crippen LogP contribution in [-0.4, -0.2) is 26.1 Å². The fraction of sp³-hybridized carbons (Fsp3) is 0.160. The predicted molar refractivity (Wildman–Crippen MR) is 115 cm³/mol. The summed E-state index contributed by atoms with van der Waals surface area (Å²) in [4.78, 5) is 12.5.